The van der Waals surface area contributed by atoms with Crippen LogP contribution in [0.1, 0.15) is 25.5 Å². The molecule has 1 aliphatic rings. The Balaban J connectivity index is 1.90. The molecule has 2 rings (SSSR count). The van der Waals surface area contributed by atoms with E-state index in [0.29, 0.717) is 19.1 Å². The maximum absolute atomic E-state index is 12.3. The normalized spacial score (nSPS) is 18.2. The van der Waals surface area contributed by atoms with Gasteiger partial charge in [0.1, 0.15) is 0 Å². The maximum atomic E-state index is 12.3. The lowest BCUT2D eigenvalue weighted by atomic mass is 10.4. The van der Waals surface area contributed by atoms with Crippen molar-refractivity contribution in [2.24, 2.45) is 0 Å². The van der Waals surface area contributed by atoms with Gasteiger partial charge in [0.2, 0.25) is 10.0 Å². The van der Waals surface area contributed by atoms with Crippen LogP contribution >= 0.6 is 11.3 Å². The molecule has 1 unspecified atom stereocenters. The fraction of sp³-hybridized carbons (Fsp3) is 0.727. The SMILES string of the molecule is CC(CNC1CC1)S(=O)(=O)N(C)Cc1cscn1. The molecule has 0 spiro atoms. The maximum Gasteiger partial charge on any atom is 0.218 e. The Morgan fingerprint density at radius 1 is 1.61 bits per heavy atom. The third-order valence-electron chi connectivity index (χ3n) is 3.08. The van der Waals surface area contributed by atoms with E-state index in [-0.39, 0.29) is 0 Å². The minimum absolute atomic E-state index is 0.347. The Morgan fingerprint density at radius 2 is 2.33 bits per heavy atom. The zero-order valence-electron chi connectivity index (χ0n) is 10.7. The van der Waals surface area contributed by atoms with E-state index < -0.39 is 15.3 Å². The third-order valence-corrected chi connectivity index (χ3v) is 5.90. The van der Waals surface area contributed by atoms with Crippen molar-refractivity contribution in [3.63, 3.8) is 0 Å². The van der Waals surface area contributed by atoms with Gasteiger partial charge >= 0.3 is 0 Å². The molecule has 5 nitrogen and oxygen atoms in total. The number of nitrogens with zero attached hydrogens (tertiary/aromatic N) is 2. The van der Waals surface area contributed by atoms with Gasteiger partial charge in [0.15, 0.2) is 0 Å². The van der Waals surface area contributed by atoms with Crippen molar-refractivity contribution >= 4 is 21.4 Å². The van der Waals surface area contributed by atoms with Crippen LogP contribution < -0.4 is 5.32 Å². The highest BCUT2D eigenvalue weighted by Crippen LogP contribution is 2.19. The first-order valence-corrected chi connectivity index (χ1v) is 8.50. The van der Waals surface area contributed by atoms with Crippen LogP contribution in [0.5, 0.6) is 0 Å². The van der Waals surface area contributed by atoms with E-state index >= 15 is 0 Å². The van der Waals surface area contributed by atoms with Gasteiger partial charge in [-0.2, -0.15) is 4.31 Å². The van der Waals surface area contributed by atoms with Gasteiger partial charge in [-0.25, -0.2) is 13.4 Å². The highest BCUT2D eigenvalue weighted by molar-refractivity contribution is 7.89. The van der Waals surface area contributed by atoms with Crippen LogP contribution in [-0.4, -0.2) is 42.6 Å². The summed E-state index contributed by atoms with van der Waals surface area (Å²) in [5, 5.41) is 4.73. The average molecular weight is 289 g/mol. The summed E-state index contributed by atoms with van der Waals surface area (Å²) in [6, 6.07) is 0.534. The molecule has 0 amide bonds. The van der Waals surface area contributed by atoms with Crippen molar-refractivity contribution < 1.29 is 8.42 Å². The number of rotatable bonds is 7. The summed E-state index contributed by atoms with van der Waals surface area (Å²) >= 11 is 1.48. The average Bonchev–Trinajstić information content (AvgIpc) is 3.02. The van der Waals surface area contributed by atoms with Gasteiger partial charge in [0.05, 0.1) is 23.0 Å². The molecule has 18 heavy (non-hydrogen) atoms. The lowest BCUT2D eigenvalue weighted by Gasteiger charge is -2.21. The van der Waals surface area contributed by atoms with Gasteiger partial charge < -0.3 is 5.32 Å². The minimum atomic E-state index is -3.25. The fourth-order valence-electron chi connectivity index (χ4n) is 1.67. The molecule has 1 fully saturated rings. The van der Waals surface area contributed by atoms with Crippen LogP contribution in [0.2, 0.25) is 0 Å². The first-order valence-electron chi connectivity index (χ1n) is 6.05. The molecule has 0 bridgehead atoms. The van der Waals surface area contributed by atoms with Crippen LogP contribution in [0.15, 0.2) is 10.9 Å². The van der Waals surface area contributed by atoms with Gasteiger partial charge in [-0.05, 0) is 19.8 Å². The molecule has 1 aromatic rings. The van der Waals surface area contributed by atoms with E-state index in [1.165, 1.54) is 28.5 Å². The molecule has 1 saturated carbocycles. The summed E-state index contributed by atoms with van der Waals surface area (Å²) < 4.78 is 25.9. The van der Waals surface area contributed by atoms with E-state index in [2.05, 4.69) is 10.3 Å². The highest BCUT2D eigenvalue weighted by atomic mass is 32.2. The molecule has 0 saturated heterocycles. The van der Waals surface area contributed by atoms with Crippen molar-refractivity contribution in [1.82, 2.24) is 14.6 Å². The number of hydrogen-bond donors (Lipinski definition) is 1. The monoisotopic (exact) mass is 289 g/mol. The smallest absolute Gasteiger partial charge is 0.218 e. The van der Waals surface area contributed by atoms with Crippen LogP contribution in [0.4, 0.5) is 0 Å². The van der Waals surface area contributed by atoms with E-state index in [9.17, 15) is 8.42 Å². The molecule has 0 radical (unpaired) electrons. The van der Waals surface area contributed by atoms with Gasteiger partial charge in [-0.1, -0.05) is 0 Å². The zero-order valence-corrected chi connectivity index (χ0v) is 12.3. The van der Waals surface area contributed by atoms with Crippen molar-refractivity contribution in [3.05, 3.63) is 16.6 Å². The fourth-order valence-corrected chi connectivity index (χ4v) is 3.45. The lowest BCUT2D eigenvalue weighted by molar-refractivity contribution is 0.450. The molecule has 1 aliphatic carbocycles. The minimum Gasteiger partial charge on any atom is -0.313 e. The topological polar surface area (TPSA) is 62.3 Å². The number of thiazole rings is 1. The number of hydrogen-bond acceptors (Lipinski definition) is 5. The van der Waals surface area contributed by atoms with E-state index in [1.54, 1.807) is 19.5 Å². The van der Waals surface area contributed by atoms with Crippen LogP contribution in [-0.2, 0) is 16.6 Å². The predicted molar refractivity (Wildman–Crippen MR) is 73.0 cm³/mol. The summed E-state index contributed by atoms with van der Waals surface area (Å²) in [6.07, 6.45) is 2.34. The molecule has 102 valence electrons. The van der Waals surface area contributed by atoms with Crippen LogP contribution in [0, 0.1) is 0 Å². The molecular formula is C11H19N3O2S2. The van der Waals surface area contributed by atoms with Crippen molar-refractivity contribution in [1.29, 1.82) is 0 Å². The summed E-state index contributed by atoms with van der Waals surface area (Å²) in [4.78, 5) is 4.11. The first-order chi connectivity index (χ1) is 8.50. The van der Waals surface area contributed by atoms with Gasteiger partial charge in [-0.3, -0.25) is 0 Å². The van der Waals surface area contributed by atoms with Gasteiger partial charge in [0, 0.05) is 25.0 Å². The Hall–Kier alpha value is -0.500. The molecular weight excluding hydrogens is 270 g/mol. The second-order valence-corrected chi connectivity index (χ2v) is 7.95. The first kappa shape index (κ1) is 13.9. The molecule has 1 N–H and O–H groups in total. The molecule has 0 aliphatic heterocycles. The number of aromatic nitrogens is 1. The van der Waals surface area contributed by atoms with Crippen molar-refractivity contribution in [3.8, 4) is 0 Å². The molecule has 0 aromatic carbocycles. The van der Waals surface area contributed by atoms with Crippen molar-refractivity contribution in [2.75, 3.05) is 13.6 Å². The standard InChI is InChI=1S/C11H19N3O2S2/c1-9(5-12-10-3-4-10)18(15,16)14(2)6-11-7-17-8-13-11/h7-10,12H,3-6H2,1-2H3. The Morgan fingerprint density at radius 3 is 2.89 bits per heavy atom. The third kappa shape index (κ3) is 3.50. The lowest BCUT2D eigenvalue weighted by Crippen LogP contribution is -2.40. The Labute approximate surface area is 112 Å². The van der Waals surface area contributed by atoms with Crippen molar-refractivity contribution in [2.45, 2.75) is 37.6 Å². The second kappa shape index (κ2) is 5.64. The van der Waals surface area contributed by atoms with E-state index in [4.69, 9.17) is 0 Å². The Kier molecular flexibility index (Phi) is 4.37. The zero-order chi connectivity index (χ0) is 13.2. The quantitative estimate of drug-likeness (QED) is 0.815. The molecule has 1 heterocycles. The van der Waals surface area contributed by atoms with Crippen LogP contribution in [0.3, 0.4) is 0 Å². The molecule has 1 atom stereocenters. The summed E-state index contributed by atoms with van der Waals surface area (Å²) in [5.74, 6) is 0. The largest absolute Gasteiger partial charge is 0.313 e. The summed E-state index contributed by atoms with van der Waals surface area (Å²) in [6.45, 7) is 2.62. The Bertz CT molecular complexity index is 468. The summed E-state index contributed by atoms with van der Waals surface area (Å²) in [5.41, 5.74) is 2.52. The molecule has 1 aromatic heterocycles. The second-order valence-electron chi connectivity index (χ2n) is 4.77. The molecule has 7 heteroatoms. The van der Waals surface area contributed by atoms with E-state index in [0.717, 1.165) is 5.69 Å². The highest BCUT2D eigenvalue weighted by Gasteiger charge is 2.28. The van der Waals surface area contributed by atoms with E-state index in [1.807, 2.05) is 5.38 Å². The van der Waals surface area contributed by atoms with Crippen LogP contribution in [0.25, 0.3) is 0 Å². The van der Waals surface area contributed by atoms with Gasteiger partial charge in [0.25, 0.3) is 0 Å². The number of nitrogens with one attached hydrogen (secondary N) is 1. The van der Waals surface area contributed by atoms with Gasteiger partial charge in [-0.15, -0.1) is 11.3 Å². The predicted octanol–water partition coefficient (Wildman–Crippen LogP) is 1.05. The number of sulfonamides is 1. The summed E-state index contributed by atoms with van der Waals surface area (Å²) in [7, 11) is -1.63.